The lowest BCUT2D eigenvalue weighted by atomic mass is 9.86. The van der Waals surface area contributed by atoms with Crippen LogP contribution < -0.4 is 5.32 Å². The molecule has 1 aliphatic carbocycles. The summed E-state index contributed by atoms with van der Waals surface area (Å²) < 4.78 is 6.31. The molecule has 1 N–H and O–H groups in total. The number of hydrogen-bond donors (Lipinski definition) is 1. The molecule has 144 valence electrons. The van der Waals surface area contributed by atoms with E-state index in [-0.39, 0.29) is 5.78 Å². The van der Waals surface area contributed by atoms with Crippen LogP contribution in [-0.4, -0.2) is 17.5 Å². The standard InChI is InChI=1S/C21H24BrNO3S/c1-12-5-10-15-16(11-12)27-19(23-20(25)26-21(2,3)4)17(15)18(24)13-6-8-14(22)9-7-13/h6-9,12H,5,10-11H2,1-4H3,(H,23,25). The molecule has 1 aliphatic rings. The highest BCUT2D eigenvalue weighted by atomic mass is 79.9. The maximum absolute atomic E-state index is 13.3. The highest BCUT2D eigenvalue weighted by Gasteiger charge is 2.29. The van der Waals surface area contributed by atoms with Crippen molar-refractivity contribution in [3.63, 3.8) is 0 Å². The number of halogens is 1. The molecule has 1 aromatic heterocycles. The predicted octanol–water partition coefficient (Wildman–Crippen LogP) is 6.21. The first-order valence-electron chi connectivity index (χ1n) is 9.09. The lowest BCUT2D eigenvalue weighted by Crippen LogP contribution is -2.27. The van der Waals surface area contributed by atoms with Gasteiger partial charge in [-0.05, 0) is 75.8 Å². The monoisotopic (exact) mass is 449 g/mol. The van der Waals surface area contributed by atoms with Crippen LogP contribution in [0.4, 0.5) is 9.80 Å². The van der Waals surface area contributed by atoms with Gasteiger partial charge < -0.3 is 4.74 Å². The number of anilines is 1. The molecule has 0 saturated heterocycles. The van der Waals surface area contributed by atoms with Gasteiger partial charge in [0.1, 0.15) is 10.6 Å². The molecule has 27 heavy (non-hydrogen) atoms. The molecule has 0 saturated carbocycles. The van der Waals surface area contributed by atoms with Crippen molar-refractivity contribution in [1.82, 2.24) is 0 Å². The fourth-order valence-electron chi connectivity index (χ4n) is 3.22. The summed E-state index contributed by atoms with van der Waals surface area (Å²) >= 11 is 4.91. The minimum absolute atomic E-state index is 0.0550. The third-order valence-electron chi connectivity index (χ3n) is 4.46. The van der Waals surface area contributed by atoms with Crippen LogP contribution >= 0.6 is 27.3 Å². The smallest absolute Gasteiger partial charge is 0.412 e. The normalized spacial score (nSPS) is 16.6. The zero-order chi connectivity index (χ0) is 19.8. The molecule has 0 fully saturated rings. The van der Waals surface area contributed by atoms with E-state index in [2.05, 4.69) is 28.2 Å². The van der Waals surface area contributed by atoms with Gasteiger partial charge in [-0.3, -0.25) is 10.1 Å². The summed E-state index contributed by atoms with van der Waals surface area (Å²) in [6, 6.07) is 7.32. The summed E-state index contributed by atoms with van der Waals surface area (Å²) in [6.07, 6.45) is 2.33. The average Bonchev–Trinajstić information content (AvgIpc) is 2.89. The molecular weight excluding hydrogens is 426 g/mol. The van der Waals surface area contributed by atoms with Crippen molar-refractivity contribution in [2.45, 2.75) is 52.6 Å². The molecule has 6 heteroatoms. The first-order chi connectivity index (χ1) is 12.6. The van der Waals surface area contributed by atoms with E-state index in [4.69, 9.17) is 4.74 Å². The van der Waals surface area contributed by atoms with Gasteiger partial charge in [0.25, 0.3) is 0 Å². The summed E-state index contributed by atoms with van der Waals surface area (Å²) in [5.41, 5.74) is 1.72. The van der Waals surface area contributed by atoms with Crippen molar-refractivity contribution in [2.24, 2.45) is 5.92 Å². The summed E-state index contributed by atoms with van der Waals surface area (Å²) in [4.78, 5) is 26.8. The van der Waals surface area contributed by atoms with E-state index in [0.29, 0.717) is 22.0 Å². The zero-order valence-electron chi connectivity index (χ0n) is 16.0. The van der Waals surface area contributed by atoms with Crippen LogP contribution in [0.25, 0.3) is 0 Å². The Morgan fingerprint density at radius 1 is 1.22 bits per heavy atom. The van der Waals surface area contributed by atoms with Gasteiger partial charge in [-0.1, -0.05) is 22.9 Å². The van der Waals surface area contributed by atoms with Crippen LogP contribution in [0, 0.1) is 5.92 Å². The number of thiophene rings is 1. The first-order valence-corrected chi connectivity index (χ1v) is 10.7. The van der Waals surface area contributed by atoms with E-state index < -0.39 is 11.7 Å². The second-order valence-electron chi connectivity index (χ2n) is 8.02. The Morgan fingerprint density at radius 2 is 1.89 bits per heavy atom. The number of ether oxygens (including phenoxy) is 1. The molecule has 2 aromatic rings. The van der Waals surface area contributed by atoms with Gasteiger partial charge in [0.15, 0.2) is 5.78 Å². The predicted molar refractivity (Wildman–Crippen MR) is 113 cm³/mol. The largest absolute Gasteiger partial charge is 0.444 e. The van der Waals surface area contributed by atoms with Crippen LogP contribution in [-0.2, 0) is 17.6 Å². The lowest BCUT2D eigenvalue weighted by Gasteiger charge is -2.20. The van der Waals surface area contributed by atoms with Crippen molar-refractivity contribution in [2.75, 3.05) is 5.32 Å². The maximum Gasteiger partial charge on any atom is 0.412 e. The number of amides is 1. The van der Waals surface area contributed by atoms with Crippen LogP contribution in [0.3, 0.4) is 0 Å². The SMILES string of the molecule is CC1CCc2c(sc(NC(=O)OC(C)(C)C)c2C(=O)c2ccc(Br)cc2)C1. The third kappa shape index (κ3) is 4.79. The van der Waals surface area contributed by atoms with Gasteiger partial charge in [0.05, 0.1) is 5.56 Å². The van der Waals surface area contributed by atoms with Gasteiger partial charge in [-0.2, -0.15) is 0 Å². The maximum atomic E-state index is 13.3. The number of fused-ring (bicyclic) bond motifs is 1. The first kappa shape index (κ1) is 20.1. The van der Waals surface area contributed by atoms with Crippen LogP contribution in [0.2, 0.25) is 0 Å². The highest BCUT2D eigenvalue weighted by Crippen LogP contribution is 2.41. The van der Waals surface area contributed by atoms with E-state index >= 15 is 0 Å². The van der Waals surface area contributed by atoms with Crippen LogP contribution in [0.15, 0.2) is 28.7 Å². The van der Waals surface area contributed by atoms with Gasteiger partial charge in [-0.15, -0.1) is 11.3 Å². The molecule has 0 bridgehead atoms. The Labute approximate surface area is 172 Å². The van der Waals surface area contributed by atoms with E-state index in [1.165, 1.54) is 16.2 Å². The third-order valence-corrected chi connectivity index (χ3v) is 6.16. The van der Waals surface area contributed by atoms with Crippen molar-refractivity contribution in [1.29, 1.82) is 0 Å². The Morgan fingerprint density at radius 3 is 2.52 bits per heavy atom. The Kier molecular flexibility index (Phi) is 5.77. The number of carbonyl (C=O) groups excluding carboxylic acids is 2. The summed E-state index contributed by atoms with van der Waals surface area (Å²) in [6.45, 7) is 7.69. The number of nitrogens with one attached hydrogen (secondary N) is 1. The van der Waals surface area contributed by atoms with Crippen molar-refractivity contribution >= 4 is 44.1 Å². The Balaban J connectivity index is 1.98. The van der Waals surface area contributed by atoms with Gasteiger partial charge >= 0.3 is 6.09 Å². The minimum Gasteiger partial charge on any atom is -0.444 e. The molecule has 1 heterocycles. The van der Waals surface area contributed by atoms with E-state index in [1.54, 1.807) is 12.1 Å². The average molecular weight is 450 g/mol. The van der Waals surface area contributed by atoms with Crippen molar-refractivity contribution < 1.29 is 14.3 Å². The molecule has 4 nitrogen and oxygen atoms in total. The Bertz CT molecular complexity index is 865. The number of benzene rings is 1. The quantitative estimate of drug-likeness (QED) is 0.566. The van der Waals surface area contributed by atoms with Gasteiger partial charge in [0, 0.05) is 14.9 Å². The molecule has 0 aliphatic heterocycles. The van der Waals surface area contributed by atoms with Crippen LogP contribution in [0.1, 0.15) is 60.5 Å². The summed E-state index contributed by atoms with van der Waals surface area (Å²) in [5, 5.41) is 3.42. The number of rotatable bonds is 3. The molecule has 1 aromatic carbocycles. The highest BCUT2D eigenvalue weighted by molar-refractivity contribution is 9.10. The molecule has 1 unspecified atom stereocenters. The molecule has 3 rings (SSSR count). The van der Waals surface area contributed by atoms with Crippen LogP contribution in [0.5, 0.6) is 0 Å². The van der Waals surface area contributed by atoms with Gasteiger partial charge in [-0.25, -0.2) is 4.79 Å². The molecule has 1 amide bonds. The molecular formula is C21H24BrNO3S. The van der Waals surface area contributed by atoms with Crippen molar-refractivity contribution in [3.05, 3.63) is 50.3 Å². The Hall–Kier alpha value is -1.66. The second-order valence-corrected chi connectivity index (χ2v) is 10.0. The second kappa shape index (κ2) is 7.76. The summed E-state index contributed by atoms with van der Waals surface area (Å²) in [7, 11) is 0. The number of hydrogen-bond acceptors (Lipinski definition) is 4. The lowest BCUT2D eigenvalue weighted by molar-refractivity contribution is 0.0636. The van der Waals surface area contributed by atoms with Gasteiger partial charge in [0.2, 0.25) is 0 Å². The fourth-order valence-corrected chi connectivity index (χ4v) is 4.88. The topological polar surface area (TPSA) is 55.4 Å². The number of ketones is 1. The minimum atomic E-state index is -0.592. The van der Waals surface area contributed by atoms with E-state index in [0.717, 1.165) is 29.3 Å². The van der Waals surface area contributed by atoms with Crippen molar-refractivity contribution in [3.8, 4) is 0 Å². The zero-order valence-corrected chi connectivity index (χ0v) is 18.4. The molecule has 1 atom stereocenters. The number of carbonyl (C=O) groups is 2. The van der Waals surface area contributed by atoms with E-state index in [9.17, 15) is 9.59 Å². The van der Waals surface area contributed by atoms with E-state index in [1.807, 2.05) is 32.9 Å². The fraction of sp³-hybridized carbons (Fsp3) is 0.429. The molecule has 0 radical (unpaired) electrons. The molecule has 0 spiro atoms. The summed E-state index contributed by atoms with van der Waals surface area (Å²) in [5.74, 6) is 0.529.